The van der Waals surface area contributed by atoms with E-state index in [-0.39, 0.29) is 16.6 Å². The predicted molar refractivity (Wildman–Crippen MR) is 82.0 cm³/mol. The van der Waals surface area contributed by atoms with Crippen LogP contribution in [0.5, 0.6) is 0 Å². The molecular weight excluding hydrogens is 276 g/mol. The van der Waals surface area contributed by atoms with Crippen molar-refractivity contribution in [3.63, 3.8) is 0 Å². The van der Waals surface area contributed by atoms with E-state index in [1.807, 2.05) is 13.8 Å². The molecule has 3 N–H and O–H groups in total. The van der Waals surface area contributed by atoms with E-state index in [2.05, 4.69) is 10.6 Å². The van der Waals surface area contributed by atoms with Crippen LogP contribution < -0.4 is 10.6 Å². The molecule has 0 aromatic heterocycles. The number of carbonyl (C=O) groups is 2. The fourth-order valence-electron chi connectivity index (χ4n) is 1.57. The zero-order chi connectivity index (χ0) is 15.1. The summed E-state index contributed by atoms with van der Waals surface area (Å²) >= 11 is 5.04. The average molecular weight is 294 g/mol. The maximum atomic E-state index is 11.5. The maximum Gasteiger partial charge on any atom is 0.335 e. The van der Waals surface area contributed by atoms with E-state index in [9.17, 15) is 9.59 Å². The largest absolute Gasteiger partial charge is 0.478 e. The minimum atomic E-state index is -1.01. The number of aryl methyl sites for hydroxylation is 1. The van der Waals surface area contributed by atoms with Gasteiger partial charge in [-0.1, -0.05) is 19.4 Å². The lowest BCUT2D eigenvalue weighted by Crippen LogP contribution is -2.34. The molecule has 108 valence electrons. The number of carboxylic acids is 1. The van der Waals surface area contributed by atoms with Crippen molar-refractivity contribution in [1.82, 2.24) is 5.32 Å². The Bertz CT molecular complexity index is 529. The highest BCUT2D eigenvalue weighted by Gasteiger charge is 2.09. The molecule has 0 radical (unpaired) electrons. The van der Waals surface area contributed by atoms with Gasteiger partial charge in [0.05, 0.1) is 5.56 Å². The van der Waals surface area contributed by atoms with E-state index in [0.717, 1.165) is 18.4 Å². The zero-order valence-electron chi connectivity index (χ0n) is 11.5. The van der Waals surface area contributed by atoms with Crippen LogP contribution in [0.4, 0.5) is 5.69 Å². The Labute approximate surface area is 123 Å². The number of aromatic carboxylic acids is 1. The summed E-state index contributed by atoms with van der Waals surface area (Å²) in [6, 6.07) is 4.70. The Morgan fingerprint density at radius 3 is 2.65 bits per heavy atom. The molecular formula is C14H18N2O3S. The van der Waals surface area contributed by atoms with Crippen LogP contribution in [0.3, 0.4) is 0 Å². The molecule has 0 aliphatic rings. The van der Waals surface area contributed by atoms with Crippen LogP contribution in [-0.4, -0.2) is 22.1 Å². The fraction of sp³-hybridized carbons (Fsp3) is 0.357. The summed E-state index contributed by atoms with van der Waals surface area (Å²) in [6.45, 7) is 3.83. The van der Waals surface area contributed by atoms with Gasteiger partial charge in [0.1, 0.15) is 0 Å². The Morgan fingerprint density at radius 2 is 2.05 bits per heavy atom. The highest BCUT2D eigenvalue weighted by molar-refractivity contribution is 7.80. The molecule has 5 nitrogen and oxygen atoms in total. The van der Waals surface area contributed by atoms with Crippen molar-refractivity contribution in [2.24, 2.45) is 0 Å². The van der Waals surface area contributed by atoms with Gasteiger partial charge in [-0.25, -0.2) is 4.79 Å². The van der Waals surface area contributed by atoms with Crippen molar-refractivity contribution in [2.45, 2.75) is 33.1 Å². The molecule has 0 unspecified atom stereocenters. The first-order chi connectivity index (χ1) is 9.43. The summed E-state index contributed by atoms with van der Waals surface area (Å²) in [5.74, 6) is -1.15. The monoisotopic (exact) mass is 294 g/mol. The van der Waals surface area contributed by atoms with Crippen LogP contribution in [0.2, 0.25) is 0 Å². The first-order valence-corrected chi connectivity index (χ1v) is 6.79. The summed E-state index contributed by atoms with van der Waals surface area (Å²) in [7, 11) is 0. The predicted octanol–water partition coefficient (Wildman–Crippen LogP) is 2.70. The fourth-order valence-corrected chi connectivity index (χ4v) is 1.79. The Kier molecular flexibility index (Phi) is 6.11. The molecule has 0 aliphatic carbocycles. The van der Waals surface area contributed by atoms with Crippen molar-refractivity contribution in [2.75, 3.05) is 5.32 Å². The molecule has 1 amide bonds. The summed E-state index contributed by atoms with van der Waals surface area (Å²) < 4.78 is 0. The number of thiocarbonyl (C=S) groups is 1. The minimum Gasteiger partial charge on any atom is -0.478 e. The summed E-state index contributed by atoms with van der Waals surface area (Å²) in [6.07, 6.45) is 2.17. The van der Waals surface area contributed by atoms with E-state index >= 15 is 0 Å². The third-order valence-electron chi connectivity index (χ3n) is 2.74. The van der Waals surface area contributed by atoms with Crippen LogP contribution in [0.15, 0.2) is 18.2 Å². The number of carboxylic acid groups (broad SMARTS) is 1. The smallest absolute Gasteiger partial charge is 0.335 e. The van der Waals surface area contributed by atoms with Gasteiger partial charge in [-0.15, -0.1) is 0 Å². The normalized spacial score (nSPS) is 9.90. The van der Waals surface area contributed by atoms with E-state index in [1.165, 1.54) is 12.1 Å². The number of benzene rings is 1. The lowest BCUT2D eigenvalue weighted by molar-refractivity contribution is -0.119. The highest BCUT2D eigenvalue weighted by Crippen LogP contribution is 2.16. The summed E-state index contributed by atoms with van der Waals surface area (Å²) in [5, 5.41) is 14.5. The number of hydrogen-bond acceptors (Lipinski definition) is 3. The number of rotatable bonds is 5. The second-order valence-corrected chi connectivity index (χ2v) is 4.85. The Balaban J connectivity index is 2.68. The van der Waals surface area contributed by atoms with Crippen molar-refractivity contribution < 1.29 is 14.7 Å². The Hall–Kier alpha value is -1.95. The Morgan fingerprint density at radius 1 is 1.35 bits per heavy atom. The molecule has 1 rings (SSSR count). The van der Waals surface area contributed by atoms with Crippen molar-refractivity contribution in [3.05, 3.63) is 29.3 Å². The average Bonchev–Trinajstić information content (AvgIpc) is 2.38. The number of hydrogen-bond donors (Lipinski definition) is 3. The molecule has 6 heteroatoms. The van der Waals surface area contributed by atoms with E-state index < -0.39 is 5.97 Å². The minimum absolute atomic E-state index is 0.142. The van der Waals surface area contributed by atoms with E-state index in [0.29, 0.717) is 12.1 Å². The third kappa shape index (κ3) is 4.97. The van der Waals surface area contributed by atoms with Gasteiger partial charge in [0.15, 0.2) is 5.11 Å². The van der Waals surface area contributed by atoms with Gasteiger partial charge in [0.25, 0.3) is 0 Å². The molecule has 0 fully saturated rings. The molecule has 0 atom stereocenters. The van der Waals surface area contributed by atoms with E-state index in [4.69, 9.17) is 17.3 Å². The van der Waals surface area contributed by atoms with Gasteiger partial charge in [-0.2, -0.15) is 0 Å². The van der Waals surface area contributed by atoms with Crippen LogP contribution in [0.25, 0.3) is 0 Å². The lowest BCUT2D eigenvalue weighted by atomic mass is 10.1. The second-order valence-electron chi connectivity index (χ2n) is 4.44. The van der Waals surface area contributed by atoms with Crippen LogP contribution in [0.1, 0.15) is 42.1 Å². The van der Waals surface area contributed by atoms with Gasteiger partial charge in [0, 0.05) is 12.1 Å². The first kappa shape index (κ1) is 16.1. The number of unbranched alkanes of at least 4 members (excludes halogenated alkanes) is 1. The topological polar surface area (TPSA) is 78.4 Å². The molecule has 0 spiro atoms. The zero-order valence-corrected chi connectivity index (χ0v) is 12.3. The van der Waals surface area contributed by atoms with E-state index in [1.54, 1.807) is 6.07 Å². The highest BCUT2D eigenvalue weighted by atomic mass is 32.1. The van der Waals surface area contributed by atoms with Crippen molar-refractivity contribution in [1.29, 1.82) is 0 Å². The molecule has 1 aromatic rings. The first-order valence-electron chi connectivity index (χ1n) is 6.38. The molecule has 0 aliphatic heterocycles. The summed E-state index contributed by atoms with van der Waals surface area (Å²) in [5.41, 5.74) is 1.59. The molecule has 0 saturated carbocycles. The maximum absolute atomic E-state index is 11.5. The van der Waals surface area contributed by atoms with Crippen LogP contribution in [0, 0.1) is 6.92 Å². The molecule has 0 saturated heterocycles. The van der Waals surface area contributed by atoms with Crippen molar-refractivity contribution in [3.8, 4) is 0 Å². The molecule has 20 heavy (non-hydrogen) atoms. The lowest BCUT2D eigenvalue weighted by Gasteiger charge is -2.12. The summed E-state index contributed by atoms with van der Waals surface area (Å²) in [4.78, 5) is 22.4. The molecule has 1 aromatic carbocycles. The number of carbonyl (C=O) groups excluding carboxylic acids is 1. The molecule has 0 heterocycles. The standard InChI is InChI=1S/C14H18N2O3S/c1-3-4-5-12(17)16-14(20)15-11-8-10(13(18)19)7-6-9(11)2/h6-8H,3-5H2,1-2H3,(H,18,19)(H2,15,16,17,20). The van der Waals surface area contributed by atoms with Gasteiger partial charge < -0.3 is 15.7 Å². The molecule has 0 bridgehead atoms. The number of nitrogens with one attached hydrogen (secondary N) is 2. The number of anilines is 1. The SMILES string of the molecule is CCCCC(=O)NC(=S)Nc1cc(C(=O)O)ccc1C. The second kappa shape index (κ2) is 7.59. The van der Waals surface area contributed by atoms with Gasteiger partial charge >= 0.3 is 5.97 Å². The van der Waals surface area contributed by atoms with Crippen LogP contribution in [-0.2, 0) is 4.79 Å². The van der Waals surface area contributed by atoms with Gasteiger partial charge in [-0.3, -0.25) is 4.79 Å². The van der Waals surface area contributed by atoms with Crippen LogP contribution >= 0.6 is 12.2 Å². The third-order valence-corrected chi connectivity index (χ3v) is 2.95. The number of amides is 1. The van der Waals surface area contributed by atoms with Gasteiger partial charge in [0.2, 0.25) is 5.91 Å². The quantitative estimate of drug-likeness (QED) is 0.728. The van der Waals surface area contributed by atoms with Gasteiger partial charge in [-0.05, 0) is 43.3 Å². The van der Waals surface area contributed by atoms with Crippen molar-refractivity contribution >= 4 is 34.9 Å².